The van der Waals surface area contributed by atoms with Gasteiger partial charge in [0.15, 0.2) is 0 Å². The highest BCUT2D eigenvalue weighted by Crippen LogP contribution is 2.39. The molecule has 0 spiro atoms. The Morgan fingerprint density at radius 1 is 1.24 bits per heavy atom. The number of aryl methyl sites for hydroxylation is 1. The molecule has 5 rings (SSSR count). The van der Waals surface area contributed by atoms with Gasteiger partial charge in [0.05, 0.1) is 30.2 Å². The van der Waals surface area contributed by atoms with Gasteiger partial charge in [-0.25, -0.2) is 0 Å². The molecule has 34 heavy (non-hydrogen) atoms. The van der Waals surface area contributed by atoms with E-state index < -0.39 is 0 Å². The monoisotopic (exact) mass is 526 g/mol. The number of ether oxygens (including phenoxy) is 1. The quantitative estimate of drug-likeness (QED) is 0.552. The number of aromatic nitrogens is 1. The van der Waals surface area contributed by atoms with Crippen molar-refractivity contribution >= 4 is 50.8 Å². The predicted molar refractivity (Wildman–Crippen MR) is 138 cm³/mol. The highest BCUT2D eigenvalue weighted by Gasteiger charge is 2.30. The van der Waals surface area contributed by atoms with Crippen molar-refractivity contribution in [2.24, 2.45) is 0 Å². The molecule has 1 aromatic heterocycles. The van der Waals surface area contributed by atoms with Crippen LogP contribution >= 0.6 is 15.9 Å². The van der Waals surface area contributed by atoms with E-state index in [4.69, 9.17) is 4.74 Å². The van der Waals surface area contributed by atoms with Gasteiger partial charge in [-0.05, 0) is 55.5 Å². The van der Waals surface area contributed by atoms with Gasteiger partial charge in [-0.15, -0.1) is 0 Å². The zero-order valence-corrected chi connectivity index (χ0v) is 21.2. The van der Waals surface area contributed by atoms with Gasteiger partial charge in [-0.1, -0.05) is 22.9 Å². The van der Waals surface area contributed by atoms with Crippen LogP contribution in [-0.2, 0) is 27.2 Å². The van der Waals surface area contributed by atoms with Crippen LogP contribution < -0.4 is 10.2 Å². The van der Waals surface area contributed by atoms with Gasteiger partial charge in [0.25, 0.3) is 5.91 Å². The van der Waals surface area contributed by atoms with E-state index in [9.17, 15) is 9.59 Å². The van der Waals surface area contributed by atoms with Crippen molar-refractivity contribution in [3.8, 4) is 0 Å². The van der Waals surface area contributed by atoms with Crippen LogP contribution in [0.3, 0.4) is 0 Å². The van der Waals surface area contributed by atoms with Crippen LogP contribution in [0.15, 0.2) is 22.7 Å². The molecule has 2 aromatic rings. The minimum atomic E-state index is -0.117. The first kappa shape index (κ1) is 23.3. The Kier molecular flexibility index (Phi) is 6.90. The minimum Gasteiger partial charge on any atom is -0.379 e. The predicted octanol–water partition coefficient (Wildman–Crippen LogP) is 4.22. The number of H-pyrrole nitrogens is 1. The number of rotatable bonds is 6. The van der Waals surface area contributed by atoms with Crippen LogP contribution in [0.2, 0.25) is 0 Å². The summed E-state index contributed by atoms with van der Waals surface area (Å²) in [5.74, 6) is -0.00684. The Bertz CT molecular complexity index is 1130. The molecule has 2 aliphatic heterocycles. The Hall–Kier alpha value is -2.42. The number of aromatic amines is 1. The summed E-state index contributed by atoms with van der Waals surface area (Å²) in [5.41, 5.74) is 6.54. The Morgan fingerprint density at radius 2 is 2.03 bits per heavy atom. The molecule has 2 amide bonds. The molecule has 1 fully saturated rings. The van der Waals surface area contributed by atoms with Gasteiger partial charge in [0, 0.05) is 54.0 Å². The first-order valence-corrected chi connectivity index (χ1v) is 13.0. The molecule has 3 heterocycles. The molecular weight excluding hydrogens is 496 g/mol. The lowest BCUT2D eigenvalue weighted by molar-refractivity contribution is -0.118. The smallest absolute Gasteiger partial charge is 0.256 e. The SMILES string of the molecule is CCC(=O)N(CCN1CCOCC1)c1c(C=C2C(=O)Nc3ccc(Br)cc32)[nH]c2c1CCCC2. The number of hydrogen-bond donors (Lipinski definition) is 2. The summed E-state index contributed by atoms with van der Waals surface area (Å²) in [7, 11) is 0. The maximum absolute atomic E-state index is 13.2. The fourth-order valence-electron chi connectivity index (χ4n) is 5.17. The van der Waals surface area contributed by atoms with E-state index in [0.717, 1.165) is 85.6 Å². The van der Waals surface area contributed by atoms with Crippen molar-refractivity contribution in [1.29, 1.82) is 0 Å². The van der Waals surface area contributed by atoms with Crippen LogP contribution in [0.1, 0.15) is 48.7 Å². The van der Waals surface area contributed by atoms with Crippen molar-refractivity contribution in [2.45, 2.75) is 39.0 Å². The zero-order valence-electron chi connectivity index (χ0n) is 19.6. The molecule has 3 aliphatic rings. The molecule has 0 unspecified atom stereocenters. The van der Waals surface area contributed by atoms with Crippen LogP contribution in [-0.4, -0.2) is 61.1 Å². The van der Waals surface area contributed by atoms with E-state index in [0.29, 0.717) is 18.5 Å². The van der Waals surface area contributed by atoms with Gasteiger partial charge in [0.2, 0.25) is 5.91 Å². The van der Waals surface area contributed by atoms with Crippen molar-refractivity contribution in [3.05, 3.63) is 45.2 Å². The second kappa shape index (κ2) is 10.1. The van der Waals surface area contributed by atoms with Crippen molar-refractivity contribution in [1.82, 2.24) is 9.88 Å². The fraction of sp³-hybridized carbons (Fsp3) is 0.462. The maximum atomic E-state index is 13.2. The summed E-state index contributed by atoms with van der Waals surface area (Å²) in [6.07, 6.45) is 6.54. The van der Waals surface area contributed by atoms with Gasteiger partial charge < -0.3 is 19.9 Å². The molecule has 0 saturated carbocycles. The summed E-state index contributed by atoms with van der Waals surface area (Å²) in [5, 5.41) is 2.97. The van der Waals surface area contributed by atoms with E-state index in [1.807, 2.05) is 36.1 Å². The third-order valence-electron chi connectivity index (χ3n) is 6.96. The molecule has 0 atom stereocenters. The normalized spacial score (nSPS) is 19.1. The first-order valence-electron chi connectivity index (χ1n) is 12.2. The summed E-state index contributed by atoms with van der Waals surface area (Å²) in [6.45, 7) is 6.61. The highest BCUT2D eigenvalue weighted by molar-refractivity contribution is 9.10. The maximum Gasteiger partial charge on any atom is 0.256 e. The number of carbonyl (C=O) groups is 2. The number of fused-ring (bicyclic) bond motifs is 2. The fourth-order valence-corrected chi connectivity index (χ4v) is 5.53. The van der Waals surface area contributed by atoms with E-state index in [1.54, 1.807) is 0 Å². The molecule has 8 heteroatoms. The number of benzene rings is 1. The van der Waals surface area contributed by atoms with E-state index in [-0.39, 0.29) is 11.8 Å². The number of halogens is 1. The van der Waals surface area contributed by atoms with Crippen LogP contribution in [0.25, 0.3) is 11.6 Å². The van der Waals surface area contributed by atoms with Crippen LogP contribution in [0.5, 0.6) is 0 Å². The number of morpholine rings is 1. The summed E-state index contributed by atoms with van der Waals surface area (Å²) in [4.78, 5) is 34.0. The topological polar surface area (TPSA) is 77.7 Å². The van der Waals surface area contributed by atoms with Gasteiger partial charge in [-0.2, -0.15) is 0 Å². The molecule has 180 valence electrons. The average molecular weight is 527 g/mol. The Morgan fingerprint density at radius 3 is 2.82 bits per heavy atom. The number of hydrogen-bond acceptors (Lipinski definition) is 4. The standard InChI is InChI=1S/C26H31BrN4O3/c1-2-24(32)31(10-9-30-11-13-34-14-12-30)25-18-5-3-4-6-21(18)28-23(25)16-20-19-15-17(27)7-8-22(19)29-26(20)33/h7-8,15-16,28H,2-6,9-14H2,1H3,(H,29,33). The van der Waals surface area contributed by atoms with E-state index in [1.165, 1.54) is 11.3 Å². The Balaban J connectivity index is 1.55. The number of carbonyl (C=O) groups excluding carboxylic acids is 2. The highest BCUT2D eigenvalue weighted by atomic mass is 79.9. The Labute approximate surface area is 208 Å². The average Bonchev–Trinajstić information content (AvgIpc) is 3.37. The van der Waals surface area contributed by atoms with Gasteiger partial charge in [-0.3, -0.25) is 14.5 Å². The number of amides is 2. The minimum absolute atomic E-state index is 0.110. The number of nitrogens with one attached hydrogen (secondary N) is 2. The lowest BCUT2D eigenvalue weighted by Crippen LogP contribution is -2.43. The van der Waals surface area contributed by atoms with Crippen LogP contribution in [0, 0.1) is 0 Å². The van der Waals surface area contributed by atoms with Gasteiger partial charge >= 0.3 is 0 Å². The molecule has 1 aliphatic carbocycles. The number of nitrogens with zero attached hydrogens (tertiary/aromatic N) is 2. The summed E-state index contributed by atoms with van der Waals surface area (Å²) >= 11 is 3.53. The molecule has 7 nitrogen and oxygen atoms in total. The summed E-state index contributed by atoms with van der Waals surface area (Å²) in [6, 6.07) is 5.80. The van der Waals surface area contributed by atoms with Crippen molar-refractivity contribution in [3.63, 3.8) is 0 Å². The third kappa shape index (κ3) is 4.59. The van der Waals surface area contributed by atoms with Crippen LogP contribution in [0.4, 0.5) is 11.4 Å². The second-order valence-corrected chi connectivity index (χ2v) is 10.0. The molecule has 0 bridgehead atoms. The lowest BCUT2D eigenvalue weighted by atomic mass is 9.96. The third-order valence-corrected chi connectivity index (χ3v) is 7.46. The second-order valence-electron chi connectivity index (χ2n) is 9.11. The van der Waals surface area contributed by atoms with E-state index >= 15 is 0 Å². The van der Waals surface area contributed by atoms with Gasteiger partial charge in [0.1, 0.15) is 0 Å². The molecular formula is C26H31BrN4O3. The molecule has 2 N–H and O–H groups in total. The van der Waals surface area contributed by atoms with E-state index in [2.05, 4.69) is 31.1 Å². The summed E-state index contributed by atoms with van der Waals surface area (Å²) < 4.78 is 6.41. The molecule has 1 saturated heterocycles. The molecule has 0 radical (unpaired) electrons. The zero-order chi connectivity index (χ0) is 23.7. The molecule has 1 aromatic carbocycles. The number of anilines is 2. The van der Waals surface area contributed by atoms with Crippen molar-refractivity contribution in [2.75, 3.05) is 49.6 Å². The largest absolute Gasteiger partial charge is 0.379 e. The first-order chi connectivity index (χ1) is 16.5. The lowest BCUT2D eigenvalue weighted by Gasteiger charge is -2.31. The van der Waals surface area contributed by atoms with Crippen molar-refractivity contribution < 1.29 is 14.3 Å².